The van der Waals surface area contributed by atoms with Gasteiger partial charge >= 0.3 is 0 Å². The summed E-state index contributed by atoms with van der Waals surface area (Å²) in [6.45, 7) is 2.62. The van der Waals surface area contributed by atoms with Crippen molar-refractivity contribution in [2.75, 3.05) is 36.0 Å². The Hall–Kier alpha value is -3.98. The van der Waals surface area contributed by atoms with Crippen LogP contribution in [0.25, 0.3) is 21.8 Å². The number of halogens is 4. The Morgan fingerprint density at radius 1 is 1.02 bits per heavy atom. The molecule has 0 amide bonds. The molecule has 4 heterocycles. The summed E-state index contributed by atoms with van der Waals surface area (Å²) in [7, 11) is -4.27. The van der Waals surface area contributed by atoms with Gasteiger partial charge in [0.1, 0.15) is 16.4 Å². The molecule has 0 saturated carbocycles. The molecule has 5 rings (SSSR count). The Balaban J connectivity index is 1.51. The van der Waals surface area contributed by atoms with Crippen LogP contribution in [0.15, 0.2) is 54.4 Å². The number of aliphatic hydroxyl groups is 1. The topological polar surface area (TPSA) is 130 Å². The first-order valence-electron chi connectivity index (χ1n) is 13.2. The van der Waals surface area contributed by atoms with Crippen molar-refractivity contribution in [2.45, 2.75) is 38.5 Å². The lowest BCUT2D eigenvalue weighted by Crippen LogP contribution is -2.39. The van der Waals surface area contributed by atoms with E-state index in [-0.39, 0.29) is 63.0 Å². The van der Waals surface area contributed by atoms with Crippen molar-refractivity contribution >= 4 is 26.4 Å². The number of primary sulfonamides is 1. The van der Waals surface area contributed by atoms with Crippen LogP contribution in [0, 0.1) is 6.92 Å². The normalized spacial score (nSPS) is 18.0. The van der Waals surface area contributed by atoms with Crippen LogP contribution < -0.4 is 14.9 Å². The highest BCUT2D eigenvalue weighted by Gasteiger charge is 2.34. The second-order valence-electron chi connectivity index (χ2n) is 10.3. The van der Waals surface area contributed by atoms with Gasteiger partial charge in [-0.25, -0.2) is 32.0 Å². The molecule has 0 aliphatic carbocycles. The summed E-state index contributed by atoms with van der Waals surface area (Å²) >= 11 is 0. The number of benzene rings is 1. The van der Waals surface area contributed by atoms with Gasteiger partial charge in [-0.15, -0.1) is 5.10 Å². The molecule has 2 saturated heterocycles. The fourth-order valence-corrected chi connectivity index (χ4v) is 5.78. The minimum Gasteiger partial charge on any atom is -0.514 e. The summed E-state index contributed by atoms with van der Waals surface area (Å²) in [5.74, 6) is -2.13. The number of nitrogens with two attached hydrogens (primary N) is 1. The zero-order valence-corrected chi connectivity index (χ0v) is 23.5. The number of nitrogens with zero attached hydrogens (tertiary/aromatic N) is 6. The molecule has 0 spiro atoms. The molecule has 0 unspecified atom stereocenters. The van der Waals surface area contributed by atoms with E-state index >= 15 is 0 Å². The molecular weight excluding hydrogens is 578 g/mol. The van der Waals surface area contributed by atoms with Crippen LogP contribution >= 0.6 is 0 Å². The highest BCUT2D eigenvalue weighted by atomic mass is 32.2. The molecule has 2 aromatic heterocycles. The Kier molecular flexibility index (Phi) is 7.98. The third kappa shape index (κ3) is 6.26. The van der Waals surface area contributed by atoms with Crippen LogP contribution in [0.2, 0.25) is 0 Å². The largest absolute Gasteiger partial charge is 0.514 e. The predicted octanol–water partition coefficient (Wildman–Crippen LogP) is 4.77. The van der Waals surface area contributed by atoms with E-state index in [1.807, 2.05) is 9.80 Å². The van der Waals surface area contributed by atoms with Crippen LogP contribution in [0.3, 0.4) is 0 Å². The summed E-state index contributed by atoms with van der Waals surface area (Å²) < 4.78 is 79.4. The highest BCUT2D eigenvalue weighted by molar-refractivity contribution is 7.98. The van der Waals surface area contributed by atoms with Crippen LogP contribution in [-0.2, 0) is 10.0 Å². The lowest BCUT2D eigenvalue weighted by atomic mass is 10.0. The summed E-state index contributed by atoms with van der Waals surface area (Å²) in [5, 5.41) is 23.4. The minimum atomic E-state index is -4.27. The first-order valence-corrected chi connectivity index (χ1v) is 14.7. The van der Waals surface area contributed by atoms with Crippen molar-refractivity contribution in [3.8, 4) is 16.9 Å². The summed E-state index contributed by atoms with van der Waals surface area (Å²) in [6.07, 6.45) is 0.0932. The standard InChI is InChI=1S/C27H29F4N7O3S/c1-17-12-20(14-25(33-17)37-10-6-27(30,31)7-11-37)21-15-38(35-34-21)22-3-2-19(24(16-39)42(32,40)41)13-23(22)36-8-4-18(5-9-36)26(28)29/h2-3,12-16,39H,4-11H2,1H3,(H2,32,40,41). The molecule has 2 aliphatic rings. The Morgan fingerprint density at radius 2 is 1.71 bits per heavy atom. The molecule has 15 heteroatoms. The molecule has 3 aromatic rings. The van der Waals surface area contributed by atoms with Gasteiger partial charge in [0, 0.05) is 50.3 Å². The molecule has 10 nitrogen and oxygen atoms in total. The molecule has 224 valence electrons. The van der Waals surface area contributed by atoms with Crippen LogP contribution in [-0.4, -0.2) is 65.6 Å². The Morgan fingerprint density at radius 3 is 2.33 bits per heavy atom. The maximum Gasteiger partial charge on any atom is 0.269 e. The molecule has 2 fully saturated rings. The summed E-state index contributed by atoms with van der Waals surface area (Å²) in [6, 6.07) is 8.10. The maximum absolute atomic E-state index is 13.7. The number of rotatable bonds is 6. The van der Waals surface area contributed by atoms with Crippen LogP contribution in [0.1, 0.15) is 36.9 Å². The van der Waals surface area contributed by atoms with Gasteiger partial charge < -0.3 is 14.9 Å². The molecule has 2 aliphatic heterocycles. The zero-order chi connectivity index (χ0) is 30.2. The van der Waals surface area contributed by atoms with E-state index in [1.165, 1.54) is 16.8 Å². The van der Waals surface area contributed by atoms with Gasteiger partial charge in [0.25, 0.3) is 12.0 Å². The quantitative estimate of drug-likeness (QED) is 0.303. The van der Waals surface area contributed by atoms with Crippen molar-refractivity contribution in [1.82, 2.24) is 20.0 Å². The number of hydrogen-bond acceptors (Lipinski definition) is 8. The highest BCUT2D eigenvalue weighted by Crippen LogP contribution is 2.35. The van der Waals surface area contributed by atoms with Gasteiger partial charge in [-0.05, 0) is 55.2 Å². The van der Waals surface area contributed by atoms with E-state index in [2.05, 4.69) is 15.3 Å². The molecule has 0 atom stereocenters. The summed E-state index contributed by atoms with van der Waals surface area (Å²) in [5.41, 5.74) is 2.95. The van der Waals surface area contributed by atoms with E-state index in [0.717, 1.165) is 0 Å². The van der Waals surface area contributed by atoms with Crippen molar-refractivity contribution in [3.63, 3.8) is 0 Å². The smallest absolute Gasteiger partial charge is 0.269 e. The van der Waals surface area contributed by atoms with E-state index < -0.39 is 26.9 Å². The SMILES string of the molecule is Cc1cc(-c2cn(-c3ccc(C(=CO)S(N)(=O)=O)cc3N3CCC(=C(F)F)CC3)nn2)cc(N2CCC(F)(F)CC2)n1. The molecule has 0 bridgehead atoms. The molecular formula is C27H29F4N7O3S. The van der Waals surface area contributed by atoms with E-state index in [1.54, 1.807) is 31.3 Å². The zero-order valence-electron chi connectivity index (χ0n) is 22.6. The fourth-order valence-electron chi connectivity index (χ4n) is 5.18. The minimum absolute atomic E-state index is 0.0637. The van der Waals surface area contributed by atoms with Gasteiger partial charge in [-0.3, -0.25) is 0 Å². The number of alkyl halides is 2. The van der Waals surface area contributed by atoms with Gasteiger partial charge in [-0.1, -0.05) is 11.3 Å². The lowest BCUT2D eigenvalue weighted by Gasteiger charge is -2.32. The number of aromatic nitrogens is 4. The van der Waals surface area contributed by atoms with Gasteiger partial charge in [0.05, 0.1) is 23.8 Å². The van der Waals surface area contributed by atoms with Crippen molar-refractivity contribution in [3.05, 3.63) is 65.7 Å². The van der Waals surface area contributed by atoms with Gasteiger partial charge in [0.15, 0.2) is 0 Å². The number of aryl methyl sites for hydroxylation is 1. The summed E-state index contributed by atoms with van der Waals surface area (Å²) in [4.78, 5) is 7.65. The number of sulfonamides is 1. The van der Waals surface area contributed by atoms with Crippen LogP contribution in [0.5, 0.6) is 0 Å². The van der Waals surface area contributed by atoms with Crippen molar-refractivity contribution < 1.29 is 31.1 Å². The average Bonchev–Trinajstić information content (AvgIpc) is 3.43. The predicted molar refractivity (Wildman–Crippen MR) is 150 cm³/mol. The lowest BCUT2D eigenvalue weighted by molar-refractivity contribution is -0.0221. The molecule has 42 heavy (non-hydrogen) atoms. The van der Waals surface area contributed by atoms with E-state index in [4.69, 9.17) is 5.14 Å². The fraction of sp³-hybridized carbons (Fsp3) is 0.370. The first-order chi connectivity index (χ1) is 19.8. The number of aliphatic hydroxyl groups excluding tert-OH is 1. The van der Waals surface area contributed by atoms with Crippen LogP contribution in [0.4, 0.5) is 29.1 Å². The molecule has 1 aromatic carbocycles. The molecule has 0 radical (unpaired) electrons. The number of anilines is 2. The Bertz CT molecular complexity index is 1650. The number of hydrogen-bond donors (Lipinski definition) is 2. The monoisotopic (exact) mass is 607 g/mol. The first kappa shape index (κ1) is 29.5. The molecule has 3 N–H and O–H groups in total. The second-order valence-corrected chi connectivity index (χ2v) is 11.9. The average molecular weight is 608 g/mol. The number of pyridine rings is 1. The Labute approximate surface area is 239 Å². The third-order valence-corrected chi connectivity index (χ3v) is 8.41. The second kappa shape index (κ2) is 11.4. The van der Waals surface area contributed by atoms with Crippen molar-refractivity contribution in [1.29, 1.82) is 0 Å². The van der Waals surface area contributed by atoms with E-state index in [0.29, 0.717) is 40.4 Å². The van der Waals surface area contributed by atoms with Crippen molar-refractivity contribution in [2.24, 2.45) is 5.14 Å². The van der Waals surface area contributed by atoms with Gasteiger partial charge in [0.2, 0.25) is 10.0 Å². The third-order valence-electron chi connectivity index (χ3n) is 7.45. The maximum atomic E-state index is 13.7. The number of piperidine rings is 2. The van der Waals surface area contributed by atoms with Gasteiger partial charge in [-0.2, -0.15) is 8.78 Å². The van der Waals surface area contributed by atoms with E-state index in [9.17, 15) is 31.1 Å².